The van der Waals surface area contributed by atoms with Gasteiger partial charge in [-0.2, -0.15) is 0 Å². The number of phenols is 1. The Morgan fingerprint density at radius 1 is 1.33 bits per heavy atom. The number of hydrogen-bond donors (Lipinski definition) is 1. The molecule has 0 fully saturated rings. The third kappa shape index (κ3) is 2.01. The van der Waals surface area contributed by atoms with E-state index in [0.29, 0.717) is 22.3 Å². The first-order chi connectivity index (χ1) is 7.22. The van der Waals surface area contributed by atoms with E-state index in [1.807, 2.05) is 13.8 Å². The van der Waals surface area contributed by atoms with Gasteiger partial charge in [0.2, 0.25) is 0 Å². The number of aryl methyl sites for hydroxylation is 1. The molecule has 1 N–H and O–H groups in total. The molecule has 80 valence electrons. The molecular weight excluding hydrogens is 192 g/mol. The van der Waals surface area contributed by atoms with Gasteiger partial charge >= 0.3 is 0 Å². The van der Waals surface area contributed by atoms with Crippen molar-refractivity contribution >= 4 is 17.3 Å². The van der Waals surface area contributed by atoms with Crippen LogP contribution in [0.5, 0.6) is 5.75 Å². The molecule has 0 spiro atoms. The third-order valence-electron chi connectivity index (χ3n) is 1.95. The molecule has 15 heavy (non-hydrogen) atoms. The van der Waals surface area contributed by atoms with Crippen molar-refractivity contribution < 1.29 is 14.3 Å². The van der Waals surface area contributed by atoms with E-state index in [0.717, 1.165) is 6.29 Å². The highest BCUT2D eigenvalue weighted by atomic mass is 16.4. The van der Waals surface area contributed by atoms with Crippen molar-refractivity contribution in [2.45, 2.75) is 20.8 Å². The second-order valence-corrected chi connectivity index (χ2v) is 2.89. The van der Waals surface area contributed by atoms with Crippen molar-refractivity contribution in [3.05, 3.63) is 29.5 Å². The molecule has 2 aromatic rings. The van der Waals surface area contributed by atoms with Crippen molar-refractivity contribution in [3.63, 3.8) is 0 Å². The van der Waals surface area contributed by atoms with Crippen molar-refractivity contribution in [1.82, 2.24) is 0 Å². The van der Waals surface area contributed by atoms with Crippen LogP contribution in [-0.2, 0) is 0 Å². The third-order valence-corrected chi connectivity index (χ3v) is 1.95. The lowest BCUT2D eigenvalue weighted by Crippen LogP contribution is -1.79. The Labute approximate surface area is 88.3 Å². The lowest BCUT2D eigenvalue weighted by Gasteiger charge is -1.94. The maximum absolute atomic E-state index is 10.6. The Bertz CT molecular complexity index is 469. The number of fused-ring (bicyclic) bond motifs is 1. The molecule has 3 nitrogen and oxygen atoms in total. The second kappa shape index (κ2) is 4.64. The highest BCUT2D eigenvalue weighted by Gasteiger charge is 2.08. The molecule has 0 saturated carbocycles. The Kier molecular flexibility index (Phi) is 3.50. The van der Waals surface area contributed by atoms with Crippen molar-refractivity contribution in [1.29, 1.82) is 0 Å². The smallest absolute Gasteiger partial charge is 0.176 e. The highest BCUT2D eigenvalue weighted by molar-refractivity contribution is 5.98. The molecule has 2 rings (SSSR count). The molecule has 0 aliphatic carbocycles. The lowest BCUT2D eigenvalue weighted by molar-refractivity contribution is 0.112. The van der Waals surface area contributed by atoms with Crippen LogP contribution in [0.4, 0.5) is 0 Å². The Hall–Kier alpha value is -1.77. The van der Waals surface area contributed by atoms with Gasteiger partial charge in [0, 0.05) is 10.9 Å². The van der Waals surface area contributed by atoms with Gasteiger partial charge in [0.15, 0.2) is 17.6 Å². The summed E-state index contributed by atoms with van der Waals surface area (Å²) in [7, 11) is 0. The molecule has 0 aliphatic rings. The number of phenolic OH excluding ortho intramolecular Hbond substituents is 1. The SMILES string of the molecule is CC.Cc1cc2c(C=O)ccc(O)c2o1. The summed E-state index contributed by atoms with van der Waals surface area (Å²) in [6, 6.07) is 4.76. The number of furan rings is 1. The van der Waals surface area contributed by atoms with E-state index in [-0.39, 0.29) is 5.75 Å². The average molecular weight is 206 g/mol. The zero-order chi connectivity index (χ0) is 11.4. The van der Waals surface area contributed by atoms with Crippen LogP contribution in [0.1, 0.15) is 30.0 Å². The Morgan fingerprint density at radius 2 is 2.00 bits per heavy atom. The van der Waals surface area contributed by atoms with E-state index >= 15 is 0 Å². The number of aromatic hydroxyl groups is 1. The minimum atomic E-state index is 0.0636. The van der Waals surface area contributed by atoms with Crippen LogP contribution >= 0.6 is 0 Å². The zero-order valence-corrected chi connectivity index (χ0v) is 9.07. The van der Waals surface area contributed by atoms with Gasteiger partial charge in [-0.15, -0.1) is 0 Å². The molecule has 0 atom stereocenters. The maximum atomic E-state index is 10.6. The van der Waals surface area contributed by atoms with E-state index in [2.05, 4.69) is 0 Å². The molecule has 1 heterocycles. The van der Waals surface area contributed by atoms with Gasteiger partial charge in [-0.3, -0.25) is 4.79 Å². The van der Waals surface area contributed by atoms with Crippen LogP contribution in [0.2, 0.25) is 0 Å². The molecule has 0 unspecified atom stereocenters. The minimum absolute atomic E-state index is 0.0636. The van der Waals surface area contributed by atoms with Crippen LogP contribution in [0.25, 0.3) is 11.0 Å². The number of carbonyl (C=O) groups excluding carboxylic acids is 1. The fourth-order valence-corrected chi connectivity index (χ4v) is 1.36. The minimum Gasteiger partial charge on any atom is -0.504 e. The van der Waals surface area contributed by atoms with Gasteiger partial charge in [-0.25, -0.2) is 0 Å². The van der Waals surface area contributed by atoms with Crippen molar-refractivity contribution in [2.24, 2.45) is 0 Å². The molecule has 0 saturated heterocycles. The summed E-state index contributed by atoms with van der Waals surface area (Å²) >= 11 is 0. The first kappa shape index (κ1) is 11.3. The fourth-order valence-electron chi connectivity index (χ4n) is 1.36. The number of aldehydes is 1. The molecule has 0 aliphatic heterocycles. The van der Waals surface area contributed by atoms with E-state index < -0.39 is 0 Å². The van der Waals surface area contributed by atoms with Crippen LogP contribution in [0, 0.1) is 6.92 Å². The second-order valence-electron chi connectivity index (χ2n) is 2.89. The Morgan fingerprint density at radius 3 is 2.60 bits per heavy atom. The van der Waals surface area contributed by atoms with Crippen molar-refractivity contribution in [2.75, 3.05) is 0 Å². The number of hydrogen-bond acceptors (Lipinski definition) is 3. The molecule has 3 heteroatoms. The van der Waals surface area contributed by atoms with Crippen LogP contribution in [-0.4, -0.2) is 11.4 Å². The van der Waals surface area contributed by atoms with Gasteiger partial charge in [0.1, 0.15) is 5.76 Å². The summed E-state index contributed by atoms with van der Waals surface area (Å²) in [5.41, 5.74) is 0.909. The molecule has 0 amide bonds. The van der Waals surface area contributed by atoms with Crippen LogP contribution < -0.4 is 0 Å². The quantitative estimate of drug-likeness (QED) is 0.728. The first-order valence-electron chi connectivity index (χ1n) is 4.89. The maximum Gasteiger partial charge on any atom is 0.176 e. The van der Waals surface area contributed by atoms with Crippen LogP contribution in [0.3, 0.4) is 0 Å². The Balaban J connectivity index is 0.000000531. The summed E-state index contributed by atoms with van der Waals surface area (Å²) in [4.78, 5) is 10.6. The normalized spacial score (nSPS) is 9.53. The van der Waals surface area contributed by atoms with E-state index in [9.17, 15) is 9.90 Å². The first-order valence-corrected chi connectivity index (χ1v) is 4.89. The van der Waals surface area contributed by atoms with Crippen molar-refractivity contribution in [3.8, 4) is 5.75 Å². The summed E-state index contributed by atoms with van der Waals surface area (Å²) < 4.78 is 5.23. The van der Waals surface area contributed by atoms with E-state index in [1.165, 1.54) is 6.07 Å². The lowest BCUT2D eigenvalue weighted by atomic mass is 10.1. The highest BCUT2D eigenvalue weighted by Crippen LogP contribution is 2.29. The molecule has 1 aromatic heterocycles. The van der Waals surface area contributed by atoms with Crippen LogP contribution in [0.15, 0.2) is 22.6 Å². The van der Waals surface area contributed by atoms with E-state index in [4.69, 9.17) is 4.42 Å². The van der Waals surface area contributed by atoms with E-state index in [1.54, 1.807) is 19.1 Å². The molecule has 1 aromatic carbocycles. The number of rotatable bonds is 1. The summed E-state index contributed by atoms with van der Waals surface area (Å²) in [5.74, 6) is 0.744. The summed E-state index contributed by atoms with van der Waals surface area (Å²) in [5, 5.41) is 10.1. The summed E-state index contributed by atoms with van der Waals surface area (Å²) in [6.45, 7) is 5.77. The standard InChI is InChI=1S/C10H8O3.C2H6/c1-6-4-8-7(5-11)2-3-9(12)10(8)13-6;1-2/h2-5,12H,1H3;1-2H3. The molecule has 0 radical (unpaired) electrons. The molecular formula is C12H14O3. The largest absolute Gasteiger partial charge is 0.504 e. The topological polar surface area (TPSA) is 50.4 Å². The fraction of sp³-hybridized carbons (Fsp3) is 0.250. The van der Waals surface area contributed by atoms with Gasteiger partial charge in [-0.05, 0) is 25.1 Å². The monoisotopic (exact) mass is 206 g/mol. The number of benzene rings is 1. The summed E-state index contributed by atoms with van der Waals surface area (Å²) in [6.07, 6.45) is 0.747. The van der Waals surface area contributed by atoms with Gasteiger partial charge < -0.3 is 9.52 Å². The predicted octanol–water partition coefficient (Wildman–Crippen LogP) is 3.29. The van der Waals surface area contributed by atoms with Gasteiger partial charge in [-0.1, -0.05) is 13.8 Å². The predicted molar refractivity (Wildman–Crippen MR) is 59.4 cm³/mol. The average Bonchev–Trinajstić information content (AvgIpc) is 2.64. The zero-order valence-electron chi connectivity index (χ0n) is 9.07. The van der Waals surface area contributed by atoms with Gasteiger partial charge in [0.25, 0.3) is 0 Å². The number of carbonyl (C=O) groups is 1. The molecule has 0 bridgehead atoms. The van der Waals surface area contributed by atoms with Gasteiger partial charge in [0.05, 0.1) is 0 Å².